The lowest BCUT2D eigenvalue weighted by Crippen LogP contribution is -2.52. The molecule has 0 radical (unpaired) electrons. The van der Waals surface area contributed by atoms with Crippen LogP contribution in [0.25, 0.3) is 0 Å². The third-order valence-corrected chi connectivity index (χ3v) is 4.53. The molecule has 1 aromatic heterocycles. The summed E-state index contributed by atoms with van der Waals surface area (Å²) in [6, 6.07) is 5.38. The Bertz CT molecular complexity index is 664. The van der Waals surface area contributed by atoms with Crippen molar-refractivity contribution in [2.45, 2.75) is 12.6 Å². The van der Waals surface area contributed by atoms with Crippen LogP contribution in [0.3, 0.4) is 0 Å². The Labute approximate surface area is 150 Å². The van der Waals surface area contributed by atoms with Gasteiger partial charge in [-0.1, -0.05) is 29.3 Å². The van der Waals surface area contributed by atoms with Gasteiger partial charge in [0, 0.05) is 41.3 Å². The predicted molar refractivity (Wildman–Crippen MR) is 93.9 cm³/mol. The van der Waals surface area contributed by atoms with Crippen LogP contribution in [0.1, 0.15) is 5.56 Å². The molecule has 1 aromatic carbocycles. The van der Waals surface area contributed by atoms with Gasteiger partial charge in [-0.2, -0.15) is 0 Å². The lowest BCUT2D eigenvalue weighted by Gasteiger charge is -2.32. The number of anilines is 1. The van der Waals surface area contributed by atoms with E-state index >= 15 is 0 Å². The number of aliphatic hydroxyl groups is 1. The van der Waals surface area contributed by atoms with E-state index in [-0.39, 0.29) is 19.3 Å². The largest absolute Gasteiger partial charge is 0.486 e. The van der Waals surface area contributed by atoms with Gasteiger partial charge in [0.25, 0.3) is 0 Å². The van der Waals surface area contributed by atoms with Gasteiger partial charge in [0.15, 0.2) is 5.75 Å². The molecule has 1 aliphatic rings. The standard InChI is InChI=1S/C16H18Cl2N4O2/c17-14-2-1-3-15(18)13(14)10-24-12-6-20-16(21-7-12)22-5-4-19-11(8-22)9-23/h1-3,6-7,11,19,23H,4-5,8-10H2. The molecule has 0 bridgehead atoms. The summed E-state index contributed by atoms with van der Waals surface area (Å²) in [4.78, 5) is 10.7. The van der Waals surface area contributed by atoms with Crippen molar-refractivity contribution >= 4 is 29.2 Å². The lowest BCUT2D eigenvalue weighted by atomic mass is 10.2. The van der Waals surface area contributed by atoms with E-state index < -0.39 is 0 Å². The molecule has 128 valence electrons. The number of nitrogens with one attached hydrogen (secondary N) is 1. The molecule has 0 spiro atoms. The zero-order valence-electron chi connectivity index (χ0n) is 13.0. The Morgan fingerprint density at radius 2 is 1.96 bits per heavy atom. The first-order chi connectivity index (χ1) is 11.7. The Balaban J connectivity index is 1.62. The summed E-state index contributed by atoms with van der Waals surface area (Å²) in [5, 5.41) is 13.6. The Kier molecular flexibility index (Phi) is 5.73. The van der Waals surface area contributed by atoms with Gasteiger partial charge in [-0.3, -0.25) is 0 Å². The Hall–Kier alpha value is -1.60. The van der Waals surface area contributed by atoms with Crippen LogP contribution in [0.2, 0.25) is 10.0 Å². The summed E-state index contributed by atoms with van der Waals surface area (Å²) in [5.41, 5.74) is 0.734. The van der Waals surface area contributed by atoms with Crippen molar-refractivity contribution in [3.05, 3.63) is 46.2 Å². The van der Waals surface area contributed by atoms with Gasteiger partial charge in [0.05, 0.1) is 19.0 Å². The monoisotopic (exact) mass is 368 g/mol. The topological polar surface area (TPSA) is 70.5 Å². The van der Waals surface area contributed by atoms with E-state index in [0.29, 0.717) is 28.3 Å². The Morgan fingerprint density at radius 3 is 2.62 bits per heavy atom. The fourth-order valence-electron chi connectivity index (χ4n) is 2.50. The molecule has 1 aliphatic heterocycles. The summed E-state index contributed by atoms with van der Waals surface area (Å²) < 4.78 is 5.67. The summed E-state index contributed by atoms with van der Waals surface area (Å²) in [6.45, 7) is 2.60. The van der Waals surface area contributed by atoms with E-state index in [1.807, 2.05) is 4.90 Å². The normalized spacial score (nSPS) is 17.8. The zero-order chi connectivity index (χ0) is 16.9. The molecule has 0 saturated carbocycles. The van der Waals surface area contributed by atoms with Crippen molar-refractivity contribution in [3.8, 4) is 5.75 Å². The molecule has 24 heavy (non-hydrogen) atoms. The smallest absolute Gasteiger partial charge is 0.225 e. The molecule has 2 heterocycles. The van der Waals surface area contributed by atoms with E-state index in [1.165, 1.54) is 0 Å². The minimum atomic E-state index is 0.0423. The number of aliphatic hydroxyl groups excluding tert-OH is 1. The summed E-state index contributed by atoms with van der Waals surface area (Å²) in [6.07, 6.45) is 3.26. The maximum absolute atomic E-state index is 9.25. The zero-order valence-corrected chi connectivity index (χ0v) is 14.5. The molecule has 1 saturated heterocycles. The van der Waals surface area contributed by atoms with Crippen LogP contribution in [0.4, 0.5) is 5.95 Å². The number of hydrogen-bond acceptors (Lipinski definition) is 6. The maximum Gasteiger partial charge on any atom is 0.225 e. The quantitative estimate of drug-likeness (QED) is 0.842. The number of hydrogen-bond donors (Lipinski definition) is 2. The summed E-state index contributed by atoms with van der Waals surface area (Å²) >= 11 is 12.2. The van der Waals surface area contributed by atoms with Crippen LogP contribution in [0.15, 0.2) is 30.6 Å². The van der Waals surface area contributed by atoms with Crippen LogP contribution in [0.5, 0.6) is 5.75 Å². The van der Waals surface area contributed by atoms with E-state index in [2.05, 4.69) is 15.3 Å². The number of aromatic nitrogens is 2. The highest BCUT2D eigenvalue weighted by Crippen LogP contribution is 2.25. The molecule has 2 aromatic rings. The molecule has 1 fully saturated rings. The average Bonchev–Trinajstić information content (AvgIpc) is 2.62. The molecular formula is C16H18Cl2N4O2. The lowest BCUT2D eigenvalue weighted by molar-refractivity contribution is 0.235. The number of nitrogens with zero attached hydrogens (tertiary/aromatic N) is 3. The van der Waals surface area contributed by atoms with Crippen molar-refractivity contribution in [1.82, 2.24) is 15.3 Å². The van der Waals surface area contributed by atoms with Crippen LogP contribution in [-0.4, -0.2) is 47.4 Å². The first kappa shape index (κ1) is 17.2. The molecule has 6 nitrogen and oxygen atoms in total. The molecule has 8 heteroatoms. The van der Waals surface area contributed by atoms with Gasteiger partial charge >= 0.3 is 0 Å². The van der Waals surface area contributed by atoms with E-state index in [0.717, 1.165) is 18.7 Å². The number of ether oxygens (including phenoxy) is 1. The highest BCUT2D eigenvalue weighted by atomic mass is 35.5. The van der Waals surface area contributed by atoms with Crippen molar-refractivity contribution in [2.75, 3.05) is 31.1 Å². The first-order valence-electron chi connectivity index (χ1n) is 7.64. The third kappa shape index (κ3) is 4.08. The number of halogens is 2. The fraction of sp³-hybridized carbons (Fsp3) is 0.375. The third-order valence-electron chi connectivity index (χ3n) is 3.82. The number of benzene rings is 1. The SMILES string of the molecule is OCC1CN(c2ncc(OCc3c(Cl)cccc3Cl)cn2)CCN1. The average molecular weight is 369 g/mol. The van der Waals surface area contributed by atoms with Crippen molar-refractivity contribution in [3.63, 3.8) is 0 Å². The van der Waals surface area contributed by atoms with Gasteiger partial charge in [-0.25, -0.2) is 9.97 Å². The van der Waals surface area contributed by atoms with Gasteiger partial charge < -0.3 is 20.1 Å². The van der Waals surface area contributed by atoms with Crippen molar-refractivity contribution in [1.29, 1.82) is 0 Å². The predicted octanol–water partition coefficient (Wildman–Crippen LogP) is 2.13. The summed E-state index contributed by atoms with van der Waals surface area (Å²) in [7, 11) is 0. The highest BCUT2D eigenvalue weighted by Gasteiger charge is 2.20. The van der Waals surface area contributed by atoms with Crippen LogP contribution in [0, 0.1) is 0 Å². The molecule has 0 amide bonds. The maximum atomic E-state index is 9.25. The van der Waals surface area contributed by atoms with Crippen molar-refractivity contribution < 1.29 is 9.84 Å². The molecule has 3 rings (SSSR count). The van der Waals surface area contributed by atoms with Gasteiger partial charge in [-0.15, -0.1) is 0 Å². The summed E-state index contributed by atoms with van der Waals surface area (Å²) in [5.74, 6) is 1.17. The van der Waals surface area contributed by atoms with Gasteiger partial charge in [-0.05, 0) is 12.1 Å². The van der Waals surface area contributed by atoms with E-state index in [1.54, 1.807) is 30.6 Å². The molecule has 1 atom stereocenters. The van der Waals surface area contributed by atoms with Crippen LogP contribution < -0.4 is 15.0 Å². The fourth-order valence-corrected chi connectivity index (χ4v) is 3.01. The van der Waals surface area contributed by atoms with Gasteiger partial charge in [0.2, 0.25) is 5.95 Å². The van der Waals surface area contributed by atoms with Crippen LogP contribution in [-0.2, 0) is 6.61 Å². The molecule has 1 unspecified atom stereocenters. The minimum absolute atomic E-state index is 0.0423. The van der Waals surface area contributed by atoms with Gasteiger partial charge in [0.1, 0.15) is 6.61 Å². The highest BCUT2D eigenvalue weighted by molar-refractivity contribution is 6.35. The minimum Gasteiger partial charge on any atom is -0.486 e. The second kappa shape index (κ2) is 7.98. The second-order valence-electron chi connectivity index (χ2n) is 5.49. The second-order valence-corrected chi connectivity index (χ2v) is 6.30. The Morgan fingerprint density at radius 1 is 1.25 bits per heavy atom. The number of rotatable bonds is 5. The van der Waals surface area contributed by atoms with E-state index in [9.17, 15) is 5.11 Å². The molecular weight excluding hydrogens is 351 g/mol. The first-order valence-corrected chi connectivity index (χ1v) is 8.40. The van der Waals surface area contributed by atoms with Crippen molar-refractivity contribution in [2.24, 2.45) is 0 Å². The van der Waals surface area contributed by atoms with E-state index in [4.69, 9.17) is 27.9 Å². The van der Waals surface area contributed by atoms with Crippen LogP contribution >= 0.6 is 23.2 Å². The molecule has 2 N–H and O–H groups in total. The molecule has 0 aliphatic carbocycles. The number of piperazine rings is 1.